The van der Waals surface area contributed by atoms with Crippen LogP contribution in [0.25, 0.3) is 11.0 Å². The van der Waals surface area contributed by atoms with Gasteiger partial charge < -0.3 is 10.7 Å². The van der Waals surface area contributed by atoms with Gasteiger partial charge in [0, 0.05) is 0 Å². The summed E-state index contributed by atoms with van der Waals surface area (Å²) in [5, 5.41) is 0.664. The Kier molecular flexibility index (Phi) is 3.74. The summed E-state index contributed by atoms with van der Waals surface area (Å²) >= 11 is 7.84. The number of nitrogens with two attached hydrogens (primary N) is 1. The molecule has 0 bridgehead atoms. The Morgan fingerprint density at radius 3 is 3.06 bits per heavy atom. The van der Waals surface area contributed by atoms with Gasteiger partial charge in [0.2, 0.25) is 0 Å². The molecule has 0 radical (unpaired) electrons. The van der Waals surface area contributed by atoms with Crippen LogP contribution in [0.5, 0.6) is 0 Å². The van der Waals surface area contributed by atoms with Crippen LogP contribution in [0, 0.1) is 0 Å². The Hall–Kier alpha value is -0.710. The molecule has 5 heteroatoms. The van der Waals surface area contributed by atoms with E-state index < -0.39 is 0 Å². The van der Waals surface area contributed by atoms with E-state index >= 15 is 0 Å². The molecule has 3 N–H and O–H groups in total. The molecule has 2 rings (SSSR count). The molecule has 1 aromatic carbocycles. The minimum atomic E-state index is -0.0454. The van der Waals surface area contributed by atoms with Crippen molar-refractivity contribution < 1.29 is 0 Å². The van der Waals surface area contributed by atoms with Gasteiger partial charge in [-0.25, -0.2) is 4.98 Å². The maximum atomic E-state index is 6.05. The third kappa shape index (κ3) is 2.34. The number of benzene rings is 1. The van der Waals surface area contributed by atoms with Crippen LogP contribution >= 0.6 is 23.4 Å². The number of halogens is 1. The Morgan fingerprint density at radius 1 is 1.56 bits per heavy atom. The molecule has 1 atom stereocenters. The number of fused-ring (bicyclic) bond motifs is 1. The Bertz CT molecular complexity index is 483. The molecule has 0 spiro atoms. The lowest BCUT2D eigenvalue weighted by molar-refractivity contribution is 0.666. The molecule has 0 saturated heterocycles. The zero-order valence-electron chi connectivity index (χ0n) is 9.03. The molecule has 0 aliphatic rings. The molecule has 1 heterocycles. The largest absolute Gasteiger partial charge is 0.341 e. The smallest absolute Gasteiger partial charge is 0.124 e. The lowest BCUT2D eigenvalue weighted by atomic mass is 10.2. The first-order chi connectivity index (χ1) is 7.72. The summed E-state index contributed by atoms with van der Waals surface area (Å²) < 4.78 is 0. The first-order valence-electron chi connectivity index (χ1n) is 5.11. The zero-order chi connectivity index (χ0) is 11.5. The van der Waals surface area contributed by atoms with E-state index in [9.17, 15) is 0 Å². The van der Waals surface area contributed by atoms with Crippen molar-refractivity contribution in [3.8, 4) is 0 Å². The van der Waals surface area contributed by atoms with Gasteiger partial charge in [0.05, 0.1) is 16.6 Å². The van der Waals surface area contributed by atoms with Gasteiger partial charge in [-0.15, -0.1) is 0 Å². The molecule has 0 aliphatic carbocycles. The second kappa shape index (κ2) is 5.08. The molecule has 0 fully saturated rings. The maximum absolute atomic E-state index is 6.05. The van der Waals surface area contributed by atoms with Gasteiger partial charge in [-0.1, -0.05) is 17.7 Å². The summed E-state index contributed by atoms with van der Waals surface area (Å²) in [5.41, 5.74) is 7.80. The number of hydrogen-bond donors (Lipinski definition) is 2. The Morgan fingerprint density at radius 2 is 2.38 bits per heavy atom. The molecule has 0 aliphatic heterocycles. The van der Waals surface area contributed by atoms with E-state index in [1.54, 1.807) is 11.8 Å². The van der Waals surface area contributed by atoms with Crippen LogP contribution in [0.3, 0.4) is 0 Å². The summed E-state index contributed by atoms with van der Waals surface area (Å²) in [6, 6.07) is 5.65. The number of H-pyrrole nitrogens is 1. The van der Waals surface area contributed by atoms with E-state index in [-0.39, 0.29) is 6.04 Å². The Balaban J connectivity index is 2.29. The molecule has 3 nitrogen and oxygen atoms in total. The lowest BCUT2D eigenvalue weighted by Gasteiger charge is -2.06. The van der Waals surface area contributed by atoms with E-state index in [4.69, 9.17) is 17.3 Å². The van der Waals surface area contributed by atoms with Gasteiger partial charge in [-0.3, -0.25) is 0 Å². The Labute approximate surface area is 104 Å². The van der Waals surface area contributed by atoms with Crippen molar-refractivity contribution in [2.24, 2.45) is 5.73 Å². The number of imidazole rings is 1. The van der Waals surface area contributed by atoms with Crippen LogP contribution in [-0.2, 0) is 0 Å². The fourth-order valence-corrected chi connectivity index (χ4v) is 2.28. The summed E-state index contributed by atoms with van der Waals surface area (Å²) in [4.78, 5) is 7.66. The standard InChI is InChI=1S/C11H14ClN3S/c1-16-6-5-8(13)11-14-9-4-2-3-7(12)10(9)15-11/h2-4,8H,5-6,13H2,1H3,(H,14,15). The highest BCUT2D eigenvalue weighted by atomic mass is 35.5. The molecule has 86 valence electrons. The van der Waals surface area contributed by atoms with Crippen molar-refractivity contribution >= 4 is 34.4 Å². The van der Waals surface area contributed by atoms with E-state index in [1.165, 1.54) is 0 Å². The third-order valence-electron chi connectivity index (χ3n) is 2.47. The average molecular weight is 256 g/mol. The minimum absolute atomic E-state index is 0.0454. The van der Waals surface area contributed by atoms with E-state index in [2.05, 4.69) is 16.2 Å². The van der Waals surface area contributed by atoms with Crippen molar-refractivity contribution in [1.82, 2.24) is 9.97 Å². The average Bonchev–Trinajstić information content (AvgIpc) is 2.71. The molecule has 0 amide bonds. The molecule has 0 saturated carbocycles. The first-order valence-corrected chi connectivity index (χ1v) is 6.88. The fraction of sp³-hybridized carbons (Fsp3) is 0.364. The van der Waals surface area contributed by atoms with E-state index in [0.717, 1.165) is 29.0 Å². The van der Waals surface area contributed by atoms with Crippen LogP contribution < -0.4 is 5.73 Å². The van der Waals surface area contributed by atoms with Gasteiger partial charge >= 0.3 is 0 Å². The van der Waals surface area contributed by atoms with Crippen LogP contribution in [-0.4, -0.2) is 22.0 Å². The highest BCUT2D eigenvalue weighted by Crippen LogP contribution is 2.23. The predicted molar refractivity (Wildman–Crippen MR) is 71.0 cm³/mol. The topological polar surface area (TPSA) is 54.7 Å². The second-order valence-corrected chi connectivity index (χ2v) is 5.04. The van der Waals surface area contributed by atoms with E-state index in [1.807, 2.05) is 18.2 Å². The number of thioether (sulfide) groups is 1. The predicted octanol–water partition coefficient (Wildman–Crippen LogP) is 2.97. The van der Waals surface area contributed by atoms with Crippen LogP contribution in [0.1, 0.15) is 18.3 Å². The minimum Gasteiger partial charge on any atom is -0.341 e. The SMILES string of the molecule is CSCCC(N)c1nc2c(Cl)cccc2[nH]1. The normalized spacial score (nSPS) is 13.2. The number of aromatic amines is 1. The summed E-state index contributed by atoms with van der Waals surface area (Å²) in [6.07, 6.45) is 2.99. The monoisotopic (exact) mass is 255 g/mol. The molecule has 1 unspecified atom stereocenters. The van der Waals surface area contributed by atoms with Crippen molar-refractivity contribution in [2.75, 3.05) is 12.0 Å². The van der Waals surface area contributed by atoms with Crippen molar-refractivity contribution in [3.05, 3.63) is 29.0 Å². The first kappa shape index (κ1) is 11.8. The number of rotatable bonds is 4. The number of nitrogens with one attached hydrogen (secondary N) is 1. The van der Waals surface area contributed by atoms with E-state index in [0.29, 0.717) is 5.02 Å². The fourth-order valence-electron chi connectivity index (χ4n) is 1.57. The number of hydrogen-bond acceptors (Lipinski definition) is 3. The highest BCUT2D eigenvalue weighted by Gasteiger charge is 2.12. The quantitative estimate of drug-likeness (QED) is 0.883. The van der Waals surface area contributed by atoms with Crippen molar-refractivity contribution in [1.29, 1.82) is 0 Å². The van der Waals surface area contributed by atoms with Crippen LogP contribution in [0.2, 0.25) is 5.02 Å². The van der Waals surface area contributed by atoms with Crippen LogP contribution in [0.15, 0.2) is 18.2 Å². The molecule has 1 aromatic heterocycles. The highest BCUT2D eigenvalue weighted by molar-refractivity contribution is 7.98. The maximum Gasteiger partial charge on any atom is 0.124 e. The molecule has 16 heavy (non-hydrogen) atoms. The number of nitrogens with zero attached hydrogens (tertiary/aromatic N) is 1. The second-order valence-electron chi connectivity index (χ2n) is 3.65. The van der Waals surface area contributed by atoms with Gasteiger partial charge in [0.25, 0.3) is 0 Å². The zero-order valence-corrected chi connectivity index (χ0v) is 10.6. The van der Waals surface area contributed by atoms with Gasteiger partial charge in [-0.05, 0) is 30.6 Å². The van der Waals surface area contributed by atoms with Crippen molar-refractivity contribution in [3.63, 3.8) is 0 Å². The van der Waals surface area contributed by atoms with Crippen molar-refractivity contribution in [2.45, 2.75) is 12.5 Å². The summed E-state index contributed by atoms with van der Waals surface area (Å²) in [5.74, 6) is 1.85. The molecular weight excluding hydrogens is 242 g/mol. The number of para-hydroxylation sites is 1. The molecular formula is C11H14ClN3S. The van der Waals surface area contributed by atoms with Gasteiger partial charge in [0.15, 0.2) is 0 Å². The lowest BCUT2D eigenvalue weighted by Crippen LogP contribution is -2.12. The summed E-state index contributed by atoms with van der Waals surface area (Å²) in [6.45, 7) is 0. The third-order valence-corrected chi connectivity index (χ3v) is 3.41. The summed E-state index contributed by atoms with van der Waals surface area (Å²) in [7, 11) is 0. The van der Waals surface area contributed by atoms with Gasteiger partial charge in [-0.2, -0.15) is 11.8 Å². The van der Waals surface area contributed by atoms with Gasteiger partial charge in [0.1, 0.15) is 11.3 Å². The number of aromatic nitrogens is 2. The molecule has 2 aromatic rings. The van der Waals surface area contributed by atoms with Crippen LogP contribution in [0.4, 0.5) is 0 Å².